The fraction of sp³-hybridized carbons (Fsp3) is 0.286. The molecule has 1 aromatic carbocycles. The third-order valence-electron chi connectivity index (χ3n) is 3.15. The highest BCUT2D eigenvalue weighted by atomic mass is 35.5. The first-order valence-corrected chi connectivity index (χ1v) is 9.07. The molecule has 0 aliphatic rings. The van der Waals surface area contributed by atoms with Gasteiger partial charge in [-0.1, -0.05) is 17.7 Å². The van der Waals surface area contributed by atoms with Crippen molar-refractivity contribution in [2.45, 2.75) is 24.8 Å². The fourth-order valence-electron chi connectivity index (χ4n) is 1.97. The van der Waals surface area contributed by atoms with Crippen molar-refractivity contribution in [2.24, 2.45) is 0 Å². The van der Waals surface area contributed by atoms with Crippen LogP contribution < -0.4 is 10.0 Å². The van der Waals surface area contributed by atoms with E-state index in [4.69, 9.17) is 11.6 Å². The zero-order valence-corrected chi connectivity index (χ0v) is 14.4. The van der Waals surface area contributed by atoms with Gasteiger partial charge >= 0.3 is 0 Å². The number of benzene rings is 1. The minimum absolute atomic E-state index is 0.0512. The van der Waals surface area contributed by atoms with Crippen LogP contribution in [0.3, 0.4) is 0 Å². The molecular weight excluding hydrogens is 328 g/mol. The molecule has 2 aromatic rings. The van der Waals surface area contributed by atoms with E-state index >= 15 is 0 Å². The molecule has 1 heterocycles. The summed E-state index contributed by atoms with van der Waals surface area (Å²) in [6, 6.07) is 9.18. The zero-order chi connectivity index (χ0) is 15.6. The molecule has 0 aliphatic carbocycles. The van der Waals surface area contributed by atoms with Gasteiger partial charge in [0.05, 0.1) is 15.3 Å². The zero-order valence-electron chi connectivity index (χ0n) is 12.0. The Morgan fingerprint density at radius 1 is 1.24 bits per heavy atom. The van der Waals surface area contributed by atoms with Gasteiger partial charge in [0.2, 0.25) is 10.0 Å². The van der Waals surface area contributed by atoms with Crippen LogP contribution in [0.25, 0.3) is 0 Å². The van der Waals surface area contributed by atoms with Gasteiger partial charge in [-0.05, 0) is 50.7 Å². The lowest BCUT2D eigenvalue weighted by Crippen LogP contribution is -2.20. The second-order valence-electron chi connectivity index (χ2n) is 4.70. The summed E-state index contributed by atoms with van der Waals surface area (Å²) in [6.07, 6.45) is 0. The summed E-state index contributed by atoms with van der Waals surface area (Å²) >= 11 is 7.44. The maximum Gasteiger partial charge on any atom is 0.240 e. The van der Waals surface area contributed by atoms with Gasteiger partial charge in [-0.3, -0.25) is 0 Å². The topological polar surface area (TPSA) is 58.2 Å². The van der Waals surface area contributed by atoms with Crippen molar-refractivity contribution in [3.63, 3.8) is 0 Å². The predicted octanol–water partition coefficient (Wildman–Crippen LogP) is 3.79. The summed E-state index contributed by atoms with van der Waals surface area (Å²) in [7, 11) is -2.05. The van der Waals surface area contributed by atoms with E-state index < -0.39 is 10.0 Å². The van der Waals surface area contributed by atoms with E-state index in [9.17, 15) is 8.42 Å². The summed E-state index contributed by atoms with van der Waals surface area (Å²) in [5.74, 6) is 0. The highest BCUT2D eigenvalue weighted by molar-refractivity contribution is 7.89. The van der Waals surface area contributed by atoms with Crippen LogP contribution in [-0.4, -0.2) is 15.5 Å². The normalized spacial score (nSPS) is 13.1. The molecule has 0 fully saturated rings. The first-order valence-electron chi connectivity index (χ1n) is 6.39. The Hall–Kier alpha value is -1.08. The second-order valence-corrected chi connectivity index (χ2v) is 8.30. The smallest absolute Gasteiger partial charge is 0.240 e. The third-order valence-corrected chi connectivity index (χ3v) is 6.12. The number of halogens is 1. The van der Waals surface area contributed by atoms with Crippen molar-refractivity contribution < 1.29 is 8.42 Å². The molecule has 21 heavy (non-hydrogen) atoms. The molecule has 4 nitrogen and oxygen atoms in total. The molecule has 0 radical (unpaired) electrons. The van der Waals surface area contributed by atoms with E-state index in [1.165, 1.54) is 18.4 Å². The molecule has 0 saturated heterocycles. The minimum atomic E-state index is -3.46. The monoisotopic (exact) mass is 344 g/mol. The maximum atomic E-state index is 12.0. The van der Waals surface area contributed by atoms with E-state index in [0.717, 1.165) is 14.9 Å². The summed E-state index contributed by atoms with van der Waals surface area (Å²) in [5, 5.41) is 3.29. The van der Waals surface area contributed by atoms with Crippen LogP contribution >= 0.6 is 22.9 Å². The molecule has 0 saturated carbocycles. The average molecular weight is 345 g/mol. The molecule has 0 amide bonds. The number of hydrogen-bond acceptors (Lipinski definition) is 4. The Labute approximate surface area is 134 Å². The van der Waals surface area contributed by atoms with Gasteiger partial charge in [0.1, 0.15) is 0 Å². The number of thiophene rings is 1. The quantitative estimate of drug-likeness (QED) is 0.867. The van der Waals surface area contributed by atoms with Gasteiger partial charge in [-0.15, -0.1) is 11.3 Å². The largest absolute Gasteiger partial charge is 0.378 e. The first kappa shape index (κ1) is 16.3. The summed E-state index contributed by atoms with van der Waals surface area (Å²) < 4.78 is 27.0. The van der Waals surface area contributed by atoms with Crippen LogP contribution in [0.15, 0.2) is 35.2 Å². The minimum Gasteiger partial charge on any atom is -0.378 e. The number of hydrogen-bond donors (Lipinski definition) is 2. The van der Waals surface area contributed by atoms with Gasteiger partial charge in [-0.2, -0.15) is 0 Å². The van der Waals surface area contributed by atoms with E-state index in [0.29, 0.717) is 5.56 Å². The van der Waals surface area contributed by atoms with Crippen molar-refractivity contribution in [1.29, 1.82) is 0 Å². The number of nitrogens with one attached hydrogen (secondary N) is 2. The SMILES string of the molecule is CNS(=O)(=O)c1cc(NC(C)c2ccc(Cl)s2)ccc1C. The van der Waals surface area contributed by atoms with Crippen molar-refractivity contribution >= 4 is 38.6 Å². The predicted molar refractivity (Wildman–Crippen MR) is 88.8 cm³/mol. The number of sulfonamides is 1. The molecule has 0 spiro atoms. The lowest BCUT2D eigenvalue weighted by molar-refractivity contribution is 0.587. The van der Waals surface area contributed by atoms with Crippen molar-refractivity contribution in [1.82, 2.24) is 4.72 Å². The van der Waals surface area contributed by atoms with Gasteiger partial charge in [-0.25, -0.2) is 13.1 Å². The average Bonchev–Trinajstić information content (AvgIpc) is 2.87. The van der Waals surface area contributed by atoms with Crippen molar-refractivity contribution in [3.8, 4) is 0 Å². The lowest BCUT2D eigenvalue weighted by Gasteiger charge is -2.15. The molecule has 114 valence electrons. The molecular formula is C14H17ClN2O2S2. The molecule has 0 bridgehead atoms. The van der Waals surface area contributed by atoms with Crippen LogP contribution in [0.4, 0.5) is 5.69 Å². The number of anilines is 1. The molecule has 2 N–H and O–H groups in total. The highest BCUT2D eigenvalue weighted by Gasteiger charge is 2.16. The van der Waals surface area contributed by atoms with E-state index in [2.05, 4.69) is 10.0 Å². The number of rotatable bonds is 5. The molecule has 1 aromatic heterocycles. The van der Waals surface area contributed by atoms with Crippen molar-refractivity contribution in [2.75, 3.05) is 12.4 Å². The second kappa shape index (κ2) is 6.36. The summed E-state index contributed by atoms with van der Waals surface area (Å²) in [4.78, 5) is 1.38. The Morgan fingerprint density at radius 2 is 1.95 bits per heavy atom. The molecule has 1 atom stereocenters. The van der Waals surface area contributed by atoms with Crippen molar-refractivity contribution in [3.05, 3.63) is 45.1 Å². The van der Waals surface area contributed by atoms with E-state index in [-0.39, 0.29) is 10.9 Å². The molecule has 7 heteroatoms. The number of aryl methyl sites for hydroxylation is 1. The van der Waals surface area contributed by atoms with Crippen LogP contribution in [0.5, 0.6) is 0 Å². The van der Waals surface area contributed by atoms with Gasteiger partial charge in [0.25, 0.3) is 0 Å². The van der Waals surface area contributed by atoms with Crippen LogP contribution in [0.1, 0.15) is 23.4 Å². The molecule has 0 aliphatic heterocycles. The van der Waals surface area contributed by atoms with E-state index in [1.807, 2.05) is 25.1 Å². The Kier molecular flexibility index (Phi) is 4.93. The standard InChI is InChI=1S/C14H17ClN2O2S2/c1-9-4-5-11(8-13(9)21(18,19)16-3)17-10(2)12-6-7-14(15)20-12/h4-8,10,16-17H,1-3H3. The van der Waals surface area contributed by atoms with Gasteiger partial charge in [0.15, 0.2) is 0 Å². The van der Waals surface area contributed by atoms with Gasteiger partial charge < -0.3 is 5.32 Å². The Morgan fingerprint density at radius 3 is 2.52 bits per heavy atom. The fourth-order valence-corrected chi connectivity index (χ4v) is 4.03. The summed E-state index contributed by atoms with van der Waals surface area (Å²) in [5.41, 5.74) is 1.47. The van der Waals surface area contributed by atoms with Crippen LogP contribution in [-0.2, 0) is 10.0 Å². The van der Waals surface area contributed by atoms with E-state index in [1.54, 1.807) is 19.1 Å². The first-order chi connectivity index (χ1) is 9.83. The molecule has 2 rings (SSSR count). The lowest BCUT2D eigenvalue weighted by atomic mass is 10.2. The van der Waals surface area contributed by atoms with Crippen LogP contribution in [0.2, 0.25) is 4.34 Å². The third kappa shape index (κ3) is 3.77. The Bertz CT molecular complexity index is 741. The summed E-state index contributed by atoms with van der Waals surface area (Å²) in [6.45, 7) is 3.78. The van der Waals surface area contributed by atoms with Crippen LogP contribution in [0, 0.1) is 6.92 Å². The van der Waals surface area contributed by atoms with Gasteiger partial charge in [0, 0.05) is 10.6 Å². The molecule has 1 unspecified atom stereocenters. The maximum absolute atomic E-state index is 12.0. The highest BCUT2D eigenvalue weighted by Crippen LogP contribution is 2.30. The Balaban J connectivity index is 2.28.